The first-order chi connectivity index (χ1) is 6.54. The molecule has 1 saturated heterocycles. The van der Waals surface area contributed by atoms with Crippen LogP contribution in [0.3, 0.4) is 0 Å². The standard InChI is InChI=1S/C9H16O4S/c1-14(10,11)13-8-4-5-12-9(6-8)7-2-3-7/h7-9H,2-6H2,1H3. The fourth-order valence-electron chi connectivity index (χ4n) is 1.93. The molecule has 0 bridgehead atoms. The van der Waals surface area contributed by atoms with Gasteiger partial charge >= 0.3 is 0 Å². The van der Waals surface area contributed by atoms with Gasteiger partial charge in [-0.1, -0.05) is 0 Å². The smallest absolute Gasteiger partial charge is 0.264 e. The van der Waals surface area contributed by atoms with Crippen molar-refractivity contribution in [1.82, 2.24) is 0 Å². The molecule has 1 aliphatic heterocycles. The first kappa shape index (κ1) is 10.4. The molecule has 2 rings (SSSR count). The number of hydrogen-bond donors (Lipinski definition) is 0. The second kappa shape index (κ2) is 3.79. The summed E-state index contributed by atoms with van der Waals surface area (Å²) < 4.78 is 32.4. The summed E-state index contributed by atoms with van der Waals surface area (Å²) in [5.41, 5.74) is 0. The maximum atomic E-state index is 10.9. The highest BCUT2D eigenvalue weighted by Gasteiger charge is 2.36. The minimum atomic E-state index is -3.31. The summed E-state index contributed by atoms with van der Waals surface area (Å²) in [5.74, 6) is 0.654. The summed E-state index contributed by atoms with van der Waals surface area (Å²) in [6, 6.07) is 0. The molecule has 4 nitrogen and oxygen atoms in total. The van der Waals surface area contributed by atoms with Gasteiger partial charge in [0.05, 0.1) is 18.5 Å². The Labute approximate surface area is 84.7 Å². The molecule has 2 unspecified atom stereocenters. The second-order valence-electron chi connectivity index (χ2n) is 4.19. The van der Waals surface area contributed by atoms with Crippen LogP contribution in [0.1, 0.15) is 25.7 Å². The minimum absolute atomic E-state index is 0.163. The van der Waals surface area contributed by atoms with Crippen LogP contribution in [0.4, 0.5) is 0 Å². The minimum Gasteiger partial charge on any atom is -0.378 e. The van der Waals surface area contributed by atoms with E-state index in [4.69, 9.17) is 8.92 Å². The molecule has 0 amide bonds. The molecule has 2 aliphatic rings. The van der Waals surface area contributed by atoms with Crippen LogP contribution in [0.25, 0.3) is 0 Å². The van der Waals surface area contributed by atoms with E-state index in [1.165, 1.54) is 12.8 Å². The molecule has 0 N–H and O–H groups in total. The van der Waals surface area contributed by atoms with Crippen molar-refractivity contribution in [2.45, 2.75) is 37.9 Å². The predicted octanol–water partition coefficient (Wildman–Crippen LogP) is 0.920. The first-order valence-electron chi connectivity index (χ1n) is 5.04. The van der Waals surface area contributed by atoms with Crippen molar-refractivity contribution in [3.05, 3.63) is 0 Å². The molecule has 1 aliphatic carbocycles. The summed E-state index contributed by atoms with van der Waals surface area (Å²) >= 11 is 0. The number of rotatable bonds is 3. The third-order valence-electron chi connectivity index (χ3n) is 2.73. The van der Waals surface area contributed by atoms with E-state index in [9.17, 15) is 8.42 Å². The Hall–Kier alpha value is -0.130. The lowest BCUT2D eigenvalue weighted by Crippen LogP contribution is -2.33. The van der Waals surface area contributed by atoms with Gasteiger partial charge in [0.2, 0.25) is 0 Å². The molecule has 1 saturated carbocycles. The summed E-state index contributed by atoms with van der Waals surface area (Å²) in [4.78, 5) is 0. The largest absolute Gasteiger partial charge is 0.378 e. The van der Waals surface area contributed by atoms with Crippen LogP contribution in [0.15, 0.2) is 0 Å². The van der Waals surface area contributed by atoms with Gasteiger partial charge in [0.1, 0.15) is 0 Å². The van der Waals surface area contributed by atoms with Crippen molar-refractivity contribution in [2.75, 3.05) is 12.9 Å². The number of hydrogen-bond acceptors (Lipinski definition) is 4. The molecule has 0 radical (unpaired) electrons. The lowest BCUT2D eigenvalue weighted by atomic mass is 10.0. The Bertz CT molecular complexity index is 294. The molecule has 0 aromatic carbocycles. The average Bonchev–Trinajstić information content (AvgIpc) is 2.83. The van der Waals surface area contributed by atoms with E-state index in [0.717, 1.165) is 12.7 Å². The van der Waals surface area contributed by atoms with E-state index < -0.39 is 10.1 Å². The van der Waals surface area contributed by atoms with Crippen LogP contribution < -0.4 is 0 Å². The zero-order valence-electron chi connectivity index (χ0n) is 8.31. The predicted molar refractivity (Wildman–Crippen MR) is 51.4 cm³/mol. The second-order valence-corrected chi connectivity index (χ2v) is 5.79. The molecule has 0 aromatic rings. The van der Waals surface area contributed by atoms with Crippen molar-refractivity contribution in [1.29, 1.82) is 0 Å². The fraction of sp³-hybridized carbons (Fsp3) is 1.00. The van der Waals surface area contributed by atoms with Crippen LogP contribution in [0.2, 0.25) is 0 Å². The van der Waals surface area contributed by atoms with Crippen molar-refractivity contribution in [3.8, 4) is 0 Å². The van der Waals surface area contributed by atoms with Gasteiger partial charge in [0, 0.05) is 13.0 Å². The van der Waals surface area contributed by atoms with Crippen LogP contribution in [0, 0.1) is 5.92 Å². The van der Waals surface area contributed by atoms with Gasteiger partial charge in [-0.15, -0.1) is 0 Å². The lowest BCUT2D eigenvalue weighted by molar-refractivity contribution is -0.0428. The molecule has 82 valence electrons. The molecule has 5 heteroatoms. The van der Waals surface area contributed by atoms with E-state index in [2.05, 4.69) is 0 Å². The third kappa shape index (κ3) is 2.93. The molecule has 0 aromatic heterocycles. The van der Waals surface area contributed by atoms with Gasteiger partial charge in [-0.05, 0) is 25.2 Å². The Morgan fingerprint density at radius 2 is 2.00 bits per heavy atom. The summed E-state index contributed by atoms with van der Waals surface area (Å²) in [6.45, 7) is 0.626. The van der Waals surface area contributed by atoms with Gasteiger partial charge in [-0.3, -0.25) is 4.18 Å². The maximum absolute atomic E-state index is 10.9. The lowest BCUT2D eigenvalue weighted by Gasteiger charge is -2.28. The van der Waals surface area contributed by atoms with Gasteiger partial charge in [0.15, 0.2) is 0 Å². The summed E-state index contributed by atoms with van der Waals surface area (Å²) in [7, 11) is -3.31. The fourth-order valence-corrected chi connectivity index (χ4v) is 2.60. The quantitative estimate of drug-likeness (QED) is 0.664. The van der Waals surface area contributed by atoms with Crippen molar-refractivity contribution in [3.63, 3.8) is 0 Å². The van der Waals surface area contributed by atoms with Gasteiger partial charge in [0.25, 0.3) is 10.1 Å². The Morgan fingerprint density at radius 1 is 1.29 bits per heavy atom. The summed E-state index contributed by atoms with van der Waals surface area (Å²) in [6.07, 6.45) is 5.04. The molecular weight excluding hydrogens is 204 g/mol. The molecule has 2 fully saturated rings. The molecular formula is C9H16O4S. The SMILES string of the molecule is CS(=O)(=O)OC1CCOC(C2CC2)C1. The zero-order valence-corrected chi connectivity index (χ0v) is 9.13. The van der Waals surface area contributed by atoms with Crippen LogP contribution in [-0.4, -0.2) is 33.5 Å². The van der Waals surface area contributed by atoms with Crippen molar-refractivity contribution < 1.29 is 17.3 Å². The molecule has 14 heavy (non-hydrogen) atoms. The Balaban J connectivity index is 1.87. The van der Waals surface area contributed by atoms with Crippen molar-refractivity contribution in [2.24, 2.45) is 5.92 Å². The van der Waals surface area contributed by atoms with Crippen LogP contribution in [-0.2, 0) is 19.0 Å². The maximum Gasteiger partial charge on any atom is 0.264 e. The van der Waals surface area contributed by atoms with Crippen LogP contribution >= 0.6 is 0 Å². The van der Waals surface area contributed by atoms with Gasteiger partial charge in [-0.2, -0.15) is 8.42 Å². The van der Waals surface area contributed by atoms with Gasteiger partial charge < -0.3 is 4.74 Å². The highest BCUT2D eigenvalue weighted by molar-refractivity contribution is 7.86. The van der Waals surface area contributed by atoms with Gasteiger partial charge in [-0.25, -0.2) is 0 Å². The molecule has 1 heterocycles. The first-order valence-corrected chi connectivity index (χ1v) is 6.86. The Kier molecular flexibility index (Phi) is 2.81. The van der Waals surface area contributed by atoms with E-state index in [1.807, 2.05) is 0 Å². The normalized spacial score (nSPS) is 34.4. The number of ether oxygens (including phenoxy) is 1. The van der Waals surface area contributed by atoms with Crippen LogP contribution in [0.5, 0.6) is 0 Å². The third-order valence-corrected chi connectivity index (χ3v) is 3.35. The highest BCUT2D eigenvalue weighted by Crippen LogP contribution is 2.38. The Morgan fingerprint density at radius 3 is 2.57 bits per heavy atom. The zero-order chi connectivity index (χ0) is 10.2. The van der Waals surface area contributed by atoms with Crippen molar-refractivity contribution >= 4 is 10.1 Å². The van der Waals surface area contributed by atoms with E-state index in [0.29, 0.717) is 18.9 Å². The highest BCUT2D eigenvalue weighted by atomic mass is 32.2. The molecule has 2 atom stereocenters. The molecule has 0 spiro atoms. The van der Waals surface area contributed by atoms with E-state index >= 15 is 0 Å². The monoisotopic (exact) mass is 220 g/mol. The van der Waals surface area contributed by atoms with E-state index in [1.54, 1.807) is 0 Å². The van der Waals surface area contributed by atoms with E-state index in [-0.39, 0.29) is 12.2 Å². The average molecular weight is 220 g/mol. The topological polar surface area (TPSA) is 52.6 Å². The summed E-state index contributed by atoms with van der Waals surface area (Å²) in [5, 5.41) is 0.